The van der Waals surface area contributed by atoms with Gasteiger partial charge in [-0.2, -0.15) is 0 Å². The molecule has 1 aromatic carbocycles. The van der Waals surface area contributed by atoms with Crippen molar-refractivity contribution in [2.45, 2.75) is 5.60 Å². The summed E-state index contributed by atoms with van der Waals surface area (Å²) in [6.45, 7) is 7.51. The van der Waals surface area contributed by atoms with Crippen LogP contribution in [0.1, 0.15) is 5.56 Å². The molecule has 0 aliphatic carbocycles. The molecule has 0 fully saturated rings. The van der Waals surface area contributed by atoms with Crippen molar-refractivity contribution in [3.63, 3.8) is 0 Å². The highest BCUT2D eigenvalue weighted by Gasteiger charge is 2.23. The minimum absolute atomic E-state index is 0.554. The zero-order valence-electron chi connectivity index (χ0n) is 7.86. The molecule has 0 amide bonds. The van der Waals surface area contributed by atoms with Crippen molar-refractivity contribution in [2.75, 3.05) is 7.11 Å². The third kappa shape index (κ3) is 1.70. The van der Waals surface area contributed by atoms with E-state index in [4.69, 9.17) is 4.74 Å². The molecule has 1 rings (SSSR count). The number of ether oxygens (including phenoxy) is 1. The van der Waals surface area contributed by atoms with E-state index < -0.39 is 5.60 Å². The summed E-state index contributed by atoms with van der Waals surface area (Å²) in [6.07, 6.45) is 3.49. The summed E-state index contributed by atoms with van der Waals surface area (Å²) >= 11 is 0. The first kappa shape index (κ1) is 9.75. The maximum absolute atomic E-state index is 5.39. The van der Waals surface area contributed by atoms with Gasteiger partial charge in [-0.3, -0.25) is 0 Å². The standard InChI is InChI=1S/C12H14O/c1-4-12(5-2,13-3)11-9-7-6-8-10-11/h4-10H,1-2H2,3H3. The quantitative estimate of drug-likeness (QED) is 0.638. The highest BCUT2D eigenvalue weighted by molar-refractivity contribution is 5.31. The molecule has 0 atom stereocenters. The summed E-state index contributed by atoms with van der Waals surface area (Å²) < 4.78 is 5.39. The van der Waals surface area contributed by atoms with Crippen LogP contribution in [0.3, 0.4) is 0 Å². The second-order valence-electron chi connectivity index (χ2n) is 2.77. The van der Waals surface area contributed by atoms with Crippen LogP contribution in [0, 0.1) is 0 Å². The number of benzene rings is 1. The van der Waals surface area contributed by atoms with E-state index in [1.807, 2.05) is 30.3 Å². The Balaban J connectivity index is 3.15. The smallest absolute Gasteiger partial charge is 0.129 e. The molecule has 68 valence electrons. The molecule has 0 radical (unpaired) electrons. The zero-order valence-corrected chi connectivity index (χ0v) is 7.86. The van der Waals surface area contributed by atoms with Gasteiger partial charge in [0, 0.05) is 7.11 Å². The average molecular weight is 174 g/mol. The lowest BCUT2D eigenvalue weighted by atomic mass is 9.94. The van der Waals surface area contributed by atoms with Crippen molar-refractivity contribution >= 4 is 0 Å². The second-order valence-corrected chi connectivity index (χ2v) is 2.77. The fraction of sp³-hybridized carbons (Fsp3) is 0.167. The van der Waals surface area contributed by atoms with Crippen molar-refractivity contribution in [1.82, 2.24) is 0 Å². The van der Waals surface area contributed by atoms with Crippen LogP contribution in [0.2, 0.25) is 0 Å². The van der Waals surface area contributed by atoms with Gasteiger partial charge in [0.2, 0.25) is 0 Å². The lowest BCUT2D eigenvalue weighted by Crippen LogP contribution is -2.22. The van der Waals surface area contributed by atoms with Crippen molar-refractivity contribution in [1.29, 1.82) is 0 Å². The lowest BCUT2D eigenvalue weighted by molar-refractivity contribution is 0.0731. The van der Waals surface area contributed by atoms with Crippen molar-refractivity contribution in [2.24, 2.45) is 0 Å². The van der Waals surface area contributed by atoms with Gasteiger partial charge in [-0.15, -0.1) is 0 Å². The highest BCUT2D eigenvalue weighted by atomic mass is 16.5. The Bertz CT molecular complexity index is 279. The molecule has 0 bridgehead atoms. The van der Waals surface area contributed by atoms with Gasteiger partial charge < -0.3 is 4.74 Å². The van der Waals surface area contributed by atoms with Crippen LogP contribution in [0.25, 0.3) is 0 Å². The molecule has 0 saturated carbocycles. The van der Waals surface area contributed by atoms with Crippen LogP contribution >= 0.6 is 0 Å². The SMILES string of the molecule is C=CC(C=C)(OC)c1ccccc1. The molecular formula is C12H14O. The van der Waals surface area contributed by atoms with Crippen LogP contribution in [-0.4, -0.2) is 7.11 Å². The maximum Gasteiger partial charge on any atom is 0.129 e. The van der Waals surface area contributed by atoms with E-state index in [1.165, 1.54) is 0 Å². The fourth-order valence-electron chi connectivity index (χ4n) is 1.30. The fourth-order valence-corrected chi connectivity index (χ4v) is 1.30. The molecule has 0 aromatic heterocycles. The van der Waals surface area contributed by atoms with Crippen LogP contribution in [0.5, 0.6) is 0 Å². The van der Waals surface area contributed by atoms with Crippen molar-refractivity contribution in [3.8, 4) is 0 Å². The highest BCUT2D eigenvalue weighted by Crippen LogP contribution is 2.26. The zero-order chi connectivity index (χ0) is 9.73. The van der Waals surface area contributed by atoms with E-state index in [2.05, 4.69) is 13.2 Å². The average Bonchev–Trinajstić information content (AvgIpc) is 2.23. The van der Waals surface area contributed by atoms with Gasteiger partial charge in [-0.25, -0.2) is 0 Å². The Morgan fingerprint density at radius 1 is 1.15 bits per heavy atom. The summed E-state index contributed by atoms with van der Waals surface area (Å²) in [5.41, 5.74) is 0.490. The first-order valence-corrected chi connectivity index (χ1v) is 4.17. The van der Waals surface area contributed by atoms with Crippen molar-refractivity contribution in [3.05, 3.63) is 61.2 Å². The molecule has 0 aliphatic rings. The monoisotopic (exact) mass is 174 g/mol. The maximum atomic E-state index is 5.39. The van der Waals surface area contributed by atoms with Gasteiger partial charge in [-0.1, -0.05) is 55.6 Å². The van der Waals surface area contributed by atoms with E-state index in [-0.39, 0.29) is 0 Å². The Hall–Kier alpha value is -1.34. The molecule has 1 nitrogen and oxygen atoms in total. The molecule has 1 heteroatoms. The minimum atomic E-state index is -0.554. The molecule has 1 aromatic rings. The summed E-state index contributed by atoms with van der Waals surface area (Å²) in [5, 5.41) is 0. The summed E-state index contributed by atoms with van der Waals surface area (Å²) in [7, 11) is 1.65. The van der Waals surface area contributed by atoms with Crippen LogP contribution in [0.15, 0.2) is 55.6 Å². The number of rotatable bonds is 4. The number of hydrogen-bond acceptors (Lipinski definition) is 1. The lowest BCUT2D eigenvalue weighted by Gasteiger charge is -2.25. The minimum Gasteiger partial charge on any atom is -0.365 e. The Morgan fingerprint density at radius 3 is 2.08 bits per heavy atom. The largest absolute Gasteiger partial charge is 0.365 e. The third-order valence-electron chi connectivity index (χ3n) is 2.17. The predicted octanol–water partition coefficient (Wildman–Crippen LogP) is 2.90. The first-order valence-electron chi connectivity index (χ1n) is 4.17. The van der Waals surface area contributed by atoms with Crippen LogP contribution in [0.4, 0.5) is 0 Å². The van der Waals surface area contributed by atoms with E-state index >= 15 is 0 Å². The molecule has 0 unspecified atom stereocenters. The van der Waals surface area contributed by atoms with Crippen molar-refractivity contribution < 1.29 is 4.74 Å². The molecular weight excluding hydrogens is 160 g/mol. The Labute approximate surface area is 79.4 Å². The predicted molar refractivity (Wildman–Crippen MR) is 55.5 cm³/mol. The van der Waals surface area contributed by atoms with Crippen LogP contribution < -0.4 is 0 Å². The topological polar surface area (TPSA) is 9.23 Å². The molecule has 0 aliphatic heterocycles. The summed E-state index contributed by atoms with van der Waals surface area (Å²) in [5.74, 6) is 0. The van der Waals surface area contributed by atoms with Gasteiger partial charge in [0.15, 0.2) is 0 Å². The van der Waals surface area contributed by atoms with E-state index in [9.17, 15) is 0 Å². The van der Waals surface area contributed by atoms with Gasteiger partial charge in [0.1, 0.15) is 5.60 Å². The Morgan fingerprint density at radius 2 is 1.69 bits per heavy atom. The molecule has 0 saturated heterocycles. The summed E-state index contributed by atoms with van der Waals surface area (Å²) in [4.78, 5) is 0. The number of hydrogen-bond donors (Lipinski definition) is 0. The van der Waals surface area contributed by atoms with E-state index in [0.29, 0.717) is 0 Å². The number of methoxy groups -OCH3 is 1. The van der Waals surface area contributed by atoms with E-state index in [1.54, 1.807) is 19.3 Å². The van der Waals surface area contributed by atoms with E-state index in [0.717, 1.165) is 5.56 Å². The molecule has 0 spiro atoms. The Kier molecular flexibility index (Phi) is 3.04. The third-order valence-corrected chi connectivity index (χ3v) is 2.17. The van der Waals surface area contributed by atoms with Gasteiger partial charge in [-0.05, 0) is 5.56 Å². The van der Waals surface area contributed by atoms with Gasteiger partial charge >= 0.3 is 0 Å². The summed E-state index contributed by atoms with van der Waals surface area (Å²) in [6, 6.07) is 9.89. The van der Waals surface area contributed by atoms with Gasteiger partial charge in [0.25, 0.3) is 0 Å². The first-order chi connectivity index (χ1) is 6.29. The molecule has 13 heavy (non-hydrogen) atoms. The molecule has 0 heterocycles. The van der Waals surface area contributed by atoms with Crippen LogP contribution in [-0.2, 0) is 10.3 Å². The normalized spacial score (nSPS) is 10.8. The second kappa shape index (κ2) is 4.06. The van der Waals surface area contributed by atoms with Gasteiger partial charge in [0.05, 0.1) is 0 Å². The molecule has 0 N–H and O–H groups in total.